The van der Waals surface area contributed by atoms with Gasteiger partial charge in [-0.15, -0.1) is 0 Å². The summed E-state index contributed by atoms with van der Waals surface area (Å²) >= 11 is 0. The minimum Gasteiger partial charge on any atom is -0.364 e. The summed E-state index contributed by atoms with van der Waals surface area (Å²) in [5.41, 5.74) is 0. The van der Waals surface area contributed by atoms with Gasteiger partial charge in [-0.2, -0.15) is 0 Å². The summed E-state index contributed by atoms with van der Waals surface area (Å²) in [5.74, 6) is 0.888. The van der Waals surface area contributed by atoms with E-state index in [1.54, 1.807) is 23.5 Å². The Bertz CT molecular complexity index is 425. The van der Waals surface area contributed by atoms with Gasteiger partial charge in [0.15, 0.2) is 0 Å². The van der Waals surface area contributed by atoms with Gasteiger partial charge in [-0.1, -0.05) is 0 Å². The first-order valence-corrected chi connectivity index (χ1v) is 5.64. The highest BCUT2D eigenvalue weighted by Crippen LogP contribution is 2.25. The van der Waals surface area contributed by atoms with Crippen molar-refractivity contribution in [1.82, 2.24) is 14.9 Å². The van der Waals surface area contributed by atoms with Crippen LogP contribution >= 0.6 is 0 Å². The number of rotatable bonds is 1. The normalized spacial score (nSPS) is 28.4. The molecule has 6 nitrogen and oxygen atoms in total. The second kappa shape index (κ2) is 3.96. The lowest BCUT2D eigenvalue weighted by Crippen LogP contribution is -2.51. The SMILES string of the molecule is CN1C(=O)CO[C@H]2CN(c3cnccn3)C[C@@H]21. The first-order valence-electron chi connectivity index (χ1n) is 5.64. The third-order valence-electron chi connectivity index (χ3n) is 3.42. The van der Waals surface area contributed by atoms with Crippen LogP contribution in [-0.2, 0) is 9.53 Å². The fourth-order valence-electron chi connectivity index (χ4n) is 2.40. The van der Waals surface area contributed by atoms with E-state index in [0.29, 0.717) is 0 Å². The highest BCUT2D eigenvalue weighted by atomic mass is 16.5. The van der Waals surface area contributed by atoms with Crippen molar-refractivity contribution in [2.24, 2.45) is 0 Å². The van der Waals surface area contributed by atoms with Crippen LogP contribution < -0.4 is 4.90 Å². The van der Waals surface area contributed by atoms with Crippen molar-refractivity contribution in [3.63, 3.8) is 0 Å². The second-order valence-electron chi connectivity index (χ2n) is 4.39. The lowest BCUT2D eigenvalue weighted by molar-refractivity contribution is -0.150. The molecular formula is C11H14N4O2. The Morgan fingerprint density at radius 3 is 3.06 bits per heavy atom. The van der Waals surface area contributed by atoms with Gasteiger partial charge in [0, 0.05) is 32.5 Å². The molecule has 2 aliphatic rings. The van der Waals surface area contributed by atoms with E-state index in [0.717, 1.165) is 18.9 Å². The molecule has 0 N–H and O–H groups in total. The molecule has 90 valence electrons. The van der Waals surface area contributed by atoms with Crippen molar-refractivity contribution in [3.8, 4) is 0 Å². The quantitative estimate of drug-likeness (QED) is 0.657. The van der Waals surface area contributed by atoms with Crippen LogP contribution in [-0.4, -0.2) is 59.7 Å². The van der Waals surface area contributed by atoms with E-state index in [2.05, 4.69) is 14.9 Å². The number of hydrogen-bond acceptors (Lipinski definition) is 5. The van der Waals surface area contributed by atoms with Gasteiger partial charge in [0.25, 0.3) is 0 Å². The molecule has 0 aromatic carbocycles. The van der Waals surface area contributed by atoms with Crippen molar-refractivity contribution in [1.29, 1.82) is 0 Å². The average Bonchev–Trinajstić information content (AvgIpc) is 2.80. The zero-order chi connectivity index (χ0) is 11.8. The summed E-state index contributed by atoms with van der Waals surface area (Å²) in [7, 11) is 1.84. The van der Waals surface area contributed by atoms with E-state index < -0.39 is 0 Å². The summed E-state index contributed by atoms with van der Waals surface area (Å²) in [6.45, 7) is 1.71. The molecule has 0 bridgehead atoms. The van der Waals surface area contributed by atoms with Crippen LogP contribution in [0.25, 0.3) is 0 Å². The largest absolute Gasteiger partial charge is 0.364 e. The van der Waals surface area contributed by atoms with Gasteiger partial charge in [0.2, 0.25) is 5.91 Å². The maximum atomic E-state index is 11.5. The van der Waals surface area contributed by atoms with Crippen LogP contribution in [0.5, 0.6) is 0 Å². The molecule has 0 aliphatic carbocycles. The number of carbonyl (C=O) groups is 1. The van der Waals surface area contributed by atoms with Gasteiger partial charge in [0.1, 0.15) is 12.4 Å². The topological polar surface area (TPSA) is 58.6 Å². The van der Waals surface area contributed by atoms with Gasteiger partial charge < -0.3 is 14.5 Å². The van der Waals surface area contributed by atoms with Crippen LogP contribution in [0.3, 0.4) is 0 Å². The van der Waals surface area contributed by atoms with Gasteiger partial charge in [-0.05, 0) is 0 Å². The number of likely N-dealkylation sites (N-methyl/N-ethyl adjacent to an activating group) is 1. The zero-order valence-corrected chi connectivity index (χ0v) is 9.61. The van der Waals surface area contributed by atoms with E-state index in [-0.39, 0.29) is 24.7 Å². The number of aromatic nitrogens is 2. The first kappa shape index (κ1) is 10.5. The van der Waals surface area contributed by atoms with Gasteiger partial charge in [0.05, 0.1) is 18.3 Å². The molecule has 0 spiro atoms. The van der Waals surface area contributed by atoms with Crippen molar-refractivity contribution in [3.05, 3.63) is 18.6 Å². The Kier molecular flexibility index (Phi) is 2.44. The molecule has 0 saturated carbocycles. The Hall–Kier alpha value is -1.69. The van der Waals surface area contributed by atoms with Crippen LogP contribution in [0.4, 0.5) is 5.82 Å². The molecule has 2 saturated heterocycles. The minimum absolute atomic E-state index is 0.0484. The van der Waals surface area contributed by atoms with Gasteiger partial charge in [-0.25, -0.2) is 4.98 Å². The summed E-state index contributed by atoms with van der Waals surface area (Å²) < 4.78 is 5.56. The van der Waals surface area contributed by atoms with Crippen molar-refractivity contribution in [2.75, 3.05) is 31.6 Å². The molecule has 0 radical (unpaired) electrons. The Balaban J connectivity index is 1.79. The molecule has 1 amide bonds. The molecule has 3 heterocycles. The number of anilines is 1. The van der Waals surface area contributed by atoms with E-state index in [9.17, 15) is 4.79 Å². The van der Waals surface area contributed by atoms with E-state index in [1.165, 1.54) is 0 Å². The number of hydrogen-bond donors (Lipinski definition) is 0. The number of nitrogens with zero attached hydrogens (tertiary/aromatic N) is 4. The number of amides is 1. The van der Waals surface area contributed by atoms with Crippen LogP contribution in [0, 0.1) is 0 Å². The number of morpholine rings is 1. The Morgan fingerprint density at radius 1 is 1.41 bits per heavy atom. The maximum Gasteiger partial charge on any atom is 0.248 e. The predicted octanol–water partition coefficient (Wildman–Crippen LogP) is -0.478. The molecule has 2 fully saturated rings. The predicted molar refractivity (Wildman–Crippen MR) is 60.5 cm³/mol. The average molecular weight is 234 g/mol. The molecule has 0 unspecified atom stereocenters. The number of ether oxygens (including phenoxy) is 1. The first-order chi connectivity index (χ1) is 8.25. The Morgan fingerprint density at radius 2 is 2.29 bits per heavy atom. The molecule has 3 rings (SSSR count). The highest BCUT2D eigenvalue weighted by molar-refractivity contribution is 5.78. The summed E-state index contributed by atoms with van der Waals surface area (Å²) in [6.07, 6.45) is 5.14. The molecule has 1 aromatic heterocycles. The third kappa shape index (κ3) is 1.74. The van der Waals surface area contributed by atoms with Gasteiger partial charge >= 0.3 is 0 Å². The van der Waals surface area contributed by atoms with Crippen molar-refractivity contribution < 1.29 is 9.53 Å². The van der Waals surface area contributed by atoms with E-state index in [1.807, 2.05) is 7.05 Å². The van der Waals surface area contributed by atoms with Crippen molar-refractivity contribution >= 4 is 11.7 Å². The van der Waals surface area contributed by atoms with E-state index >= 15 is 0 Å². The molecule has 2 aliphatic heterocycles. The molecule has 2 atom stereocenters. The van der Waals surface area contributed by atoms with Gasteiger partial charge in [-0.3, -0.25) is 9.78 Å². The zero-order valence-electron chi connectivity index (χ0n) is 9.61. The lowest BCUT2D eigenvalue weighted by Gasteiger charge is -2.33. The molecule has 6 heteroatoms. The summed E-state index contributed by atoms with van der Waals surface area (Å²) in [4.78, 5) is 23.7. The number of carbonyl (C=O) groups excluding carboxylic acids is 1. The molecule has 1 aromatic rings. The fourth-order valence-corrected chi connectivity index (χ4v) is 2.40. The summed E-state index contributed by atoms with van der Waals surface area (Å²) in [5, 5.41) is 0. The highest BCUT2D eigenvalue weighted by Gasteiger charge is 2.41. The van der Waals surface area contributed by atoms with Crippen LogP contribution in [0.2, 0.25) is 0 Å². The minimum atomic E-state index is 0.0484. The smallest absolute Gasteiger partial charge is 0.248 e. The van der Waals surface area contributed by atoms with Crippen molar-refractivity contribution in [2.45, 2.75) is 12.1 Å². The molecule has 17 heavy (non-hydrogen) atoms. The second-order valence-corrected chi connectivity index (χ2v) is 4.39. The monoisotopic (exact) mass is 234 g/mol. The van der Waals surface area contributed by atoms with E-state index in [4.69, 9.17) is 4.74 Å². The Labute approximate surface area is 99.2 Å². The lowest BCUT2D eigenvalue weighted by atomic mass is 10.1. The standard InChI is InChI=1S/C11H14N4O2/c1-14-8-5-15(10-4-12-2-3-13-10)6-9(8)17-7-11(14)16/h2-4,8-9H,5-7H2,1H3/t8-,9-/m0/s1. The third-order valence-corrected chi connectivity index (χ3v) is 3.42. The van der Waals surface area contributed by atoms with Crippen LogP contribution in [0.15, 0.2) is 18.6 Å². The maximum absolute atomic E-state index is 11.5. The number of fused-ring (bicyclic) bond motifs is 1. The molecular weight excluding hydrogens is 220 g/mol. The van der Waals surface area contributed by atoms with Crippen LogP contribution in [0.1, 0.15) is 0 Å². The summed E-state index contributed by atoms with van der Waals surface area (Å²) in [6, 6.07) is 0.123. The fraction of sp³-hybridized carbons (Fsp3) is 0.545.